The van der Waals surface area contributed by atoms with Crippen LogP contribution in [0.15, 0.2) is 18.2 Å². The molecule has 1 atom stereocenters. The van der Waals surface area contributed by atoms with E-state index < -0.39 is 5.82 Å². The first-order valence-electron chi connectivity index (χ1n) is 5.67. The molecule has 1 aromatic heterocycles. The fraction of sp³-hybridized carbons (Fsp3) is 0.333. The number of hydrogen-bond donors (Lipinski definition) is 2. The zero-order valence-corrected chi connectivity index (χ0v) is 11.0. The van der Waals surface area contributed by atoms with Gasteiger partial charge >= 0.3 is 0 Å². The van der Waals surface area contributed by atoms with E-state index in [1.807, 2.05) is 13.8 Å². The minimum absolute atomic E-state index is 0.0763. The summed E-state index contributed by atoms with van der Waals surface area (Å²) in [5.74, 6) is -0.511. The van der Waals surface area contributed by atoms with Gasteiger partial charge in [0.1, 0.15) is 16.6 Å². The Balaban J connectivity index is 2.13. The maximum Gasteiger partial charge on any atom is 0.206 e. The zero-order valence-electron chi connectivity index (χ0n) is 10.1. The molecule has 0 radical (unpaired) electrons. The molecule has 1 aromatic carbocycles. The first kappa shape index (κ1) is 12.8. The Hall–Kier alpha value is -1.69. The van der Waals surface area contributed by atoms with Crippen LogP contribution in [-0.4, -0.2) is 15.3 Å². The third-order valence-electron chi connectivity index (χ3n) is 2.56. The lowest BCUT2D eigenvalue weighted by Gasteiger charge is -2.13. The van der Waals surface area contributed by atoms with Crippen molar-refractivity contribution >= 4 is 16.5 Å². The number of halogens is 1. The number of phenols is 1. The molecule has 2 N–H and O–H groups in total. The maximum absolute atomic E-state index is 13.6. The lowest BCUT2D eigenvalue weighted by molar-refractivity contribution is 0.467. The molecule has 18 heavy (non-hydrogen) atoms. The Bertz CT molecular complexity index is 544. The number of nitrogens with zero attached hydrogens (tertiary/aromatic N) is 2. The van der Waals surface area contributed by atoms with E-state index in [0.717, 1.165) is 17.5 Å². The van der Waals surface area contributed by atoms with Crippen molar-refractivity contribution in [3.05, 3.63) is 34.6 Å². The van der Waals surface area contributed by atoms with Crippen molar-refractivity contribution in [1.82, 2.24) is 10.2 Å². The number of aromatic nitrogens is 2. The van der Waals surface area contributed by atoms with E-state index in [9.17, 15) is 4.39 Å². The predicted octanol–water partition coefficient (Wildman–Crippen LogP) is 3.12. The molecular weight excluding hydrogens is 253 g/mol. The van der Waals surface area contributed by atoms with Gasteiger partial charge in [0.05, 0.1) is 6.04 Å². The molecule has 6 heteroatoms. The Morgan fingerprint density at radius 2 is 2.22 bits per heavy atom. The molecule has 0 fully saturated rings. The van der Waals surface area contributed by atoms with Crippen molar-refractivity contribution in [1.29, 1.82) is 0 Å². The normalized spacial score (nSPS) is 12.4. The third-order valence-corrected chi connectivity index (χ3v) is 3.56. The molecule has 2 aromatic rings. The predicted molar refractivity (Wildman–Crippen MR) is 69.4 cm³/mol. The lowest BCUT2D eigenvalue weighted by Crippen LogP contribution is -2.08. The van der Waals surface area contributed by atoms with Gasteiger partial charge in [-0.3, -0.25) is 0 Å². The zero-order chi connectivity index (χ0) is 13.1. The number of nitrogens with one attached hydrogen (secondary N) is 1. The largest absolute Gasteiger partial charge is 0.508 e. The van der Waals surface area contributed by atoms with E-state index >= 15 is 0 Å². The van der Waals surface area contributed by atoms with Crippen LogP contribution in [0.2, 0.25) is 0 Å². The summed E-state index contributed by atoms with van der Waals surface area (Å²) in [6.45, 7) is 3.84. The van der Waals surface area contributed by atoms with Crippen molar-refractivity contribution in [3.63, 3.8) is 0 Å². The van der Waals surface area contributed by atoms with Gasteiger partial charge in [-0.25, -0.2) is 4.39 Å². The molecule has 0 aliphatic carbocycles. The molecule has 2 rings (SSSR count). The quantitative estimate of drug-likeness (QED) is 0.893. The summed E-state index contributed by atoms with van der Waals surface area (Å²) < 4.78 is 13.6. The maximum atomic E-state index is 13.6. The summed E-state index contributed by atoms with van der Waals surface area (Å²) in [4.78, 5) is 0. The molecule has 0 aliphatic rings. The smallest absolute Gasteiger partial charge is 0.206 e. The van der Waals surface area contributed by atoms with Crippen LogP contribution in [0.25, 0.3) is 0 Å². The van der Waals surface area contributed by atoms with E-state index in [1.54, 1.807) is 6.07 Å². The van der Waals surface area contributed by atoms with Crippen molar-refractivity contribution in [2.24, 2.45) is 0 Å². The van der Waals surface area contributed by atoms with Crippen LogP contribution in [0.5, 0.6) is 5.75 Å². The third kappa shape index (κ3) is 2.76. The first-order chi connectivity index (χ1) is 8.60. The van der Waals surface area contributed by atoms with Gasteiger partial charge < -0.3 is 10.4 Å². The number of rotatable bonds is 4. The Morgan fingerprint density at radius 3 is 2.83 bits per heavy atom. The van der Waals surface area contributed by atoms with Gasteiger partial charge in [0.15, 0.2) is 0 Å². The highest BCUT2D eigenvalue weighted by Crippen LogP contribution is 2.25. The van der Waals surface area contributed by atoms with Gasteiger partial charge in [-0.05, 0) is 19.4 Å². The van der Waals surface area contributed by atoms with E-state index in [4.69, 9.17) is 5.11 Å². The number of anilines is 1. The number of aryl methyl sites for hydroxylation is 1. The van der Waals surface area contributed by atoms with Gasteiger partial charge in [0.25, 0.3) is 0 Å². The average molecular weight is 267 g/mol. The summed E-state index contributed by atoms with van der Waals surface area (Å²) in [5.41, 5.74) is 0.487. The molecule has 96 valence electrons. The van der Waals surface area contributed by atoms with E-state index in [1.165, 1.54) is 17.4 Å². The van der Waals surface area contributed by atoms with Gasteiger partial charge in [0, 0.05) is 11.6 Å². The second-order valence-corrected chi connectivity index (χ2v) is 4.99. The molecular formula is C12H14FN3OS. The molecule has 0 bridgehead atoms. The second kappa shape index (κ2) is 5.30. The molecule has 4 nitrogen and oxygen atoms in total. The highest BCUT2D eigenvalue weighted by Gasteiger charge is 2.13. The van der Waals surface area contributed by atoms with Gasteiger partial charge in [-0.2, -0.15) is 0 Å². The SMILES string of the molecule is CCc1nnc(NC(C)c2ccc(O)cc2F)s1. The Morgan fingerprint density at radius 1 is 1.44 bits per heavy atom. The monoisotopic (exact) mass is 267 g/mol. The minimum Gasteiger partial charge on any atom is -0.508 e. The molecule has 1 unspecified atom stereocenters. The van der Waals surface area contributed by atoms with E-state index in [0.29, 0.717) is 10.7 Å². The first-order valence-corrected chi connectivity index (χ1v) is 6.49. The standard InChI is InChI=1S/C12H14FN3OS/c1-3-11-15-16-12(18-11)14-7(2)9-5-4-8(17)6-10(9)13/h4-7,17H,3H2,1-2H3,(H,14,16). The van der Waals surface area contributed by atoms with Crippen LogP contribution < -0.4 is 5.32 Å². The van der Waals surface area contributed by atoms with Gasteiger partial charge in [-0.1, -0.05) is 24.3 Å². The summed E-state index contributed by atoms with van der Waals surface area (Å²) in [5, 5.41) is 21.8. The van der Waals surface area contributed by atoms with Crippen molar-refractivity contribution in [2.75, 3.05) is 5.32 Å². The minimum atomic E-state index is -0.435. The fourth-order valence-corrected chi connectivity index (χ4v) is 2.35. The summed E-state index contributed by atoms with van der Waals surface area (Å²) in [6, 6.07) is 3.90. The van der Waals surface area contributed by atoms with Crippen molar-refractivity contribution in [2.45, 2.75) is 26.3 Å². The Kier molecular flexibility index (Phi) is 3.76. The van der Waals surface area contributed by atoms with Gasteiger partial charge in [-0.15, -0.1) is 10.2 Å². The number of phenolic OH excluding ortho intramolecular Hbond substituents is 1. The van der Waals surface area contributed by atoms with Crippen molar-refractivity contribution < 1.29 is 9.50 Å². The highest BCUT2D eigenvalue weighted by atomic mass is 32.1. The van der Waals surface area contributed by atoms with Crippen LogP contribution in [0.3, 0.4) is 0 Å². The number of aromatic hydroxyl groups is 1. The van der Waals surface area contributed by atoms with Crippen molar-refractivity contribution in [3.8, 4) is 5.75 Å². The van der Waals surface area contributed by atoms with Gasteiger partial charge in [0.2, 0.25) is 5.13 Å². The van der Waals surface area contributed by atoms with Crippen LogP contribution >= 0.6 is 11.3 Å². The second-order valence-electron chi connectivity index (χ2n) is 3.93. The molecule has 1 heterocycles. The lowest BCUT2D eigenvalue weighted by atomic mass is 10.1. The van der Waals surface area contributed by atoms with E-state index in [2.05, 4.69) is 15.5 Å². The topological polar surface area (TPSA) is 58.0 Å². The van der Waals surface area contributed by atoms with Crippen LogP contribution in [-0.2, 0) is 6.42 Å². The van der Waals surface area contributed by atoms with E-state index in [-0.39, 0.29) is 11.8 Å². The molecule has 0 amide bonds. The molecule has 0 saturated carbocycles. The number of benzene rings is 1. The number of hydrogen-bond acceptors (Lipinski definition) is 5. The molecule has 0 saturated heterocycles. The Labute approximate surface area is 109 Å². The summed E-state index contributed by atoms with van der Waals surface area (Å²) in [7, 11) is 0. The van der Waals surface area contributed by atoms with Crippen LogP contribution in [0.1, 0.15) is 30.5 Å². The molecule has 0 aliphatic heterocycles. The average Bonchev–Trinajstić information content (AvgIpc) is 2.76. The molecule has 0 spiro atoms. The summed E-state index contributed by atoms with van der Waals surface area (Å²) in [6.07, 6.45) is 0.835. The summed E-state index contributed by atoms with van der Waals surface area (Å²) >= 11 is 1.46. The van der Waals surface area contributed by atoms with Crippen LogP contribution in [0, 0.1) is 5.82 Å². The van der Waals surface area contributed by atoms with Crippen LogP contribution in [0.4, 0.5) is 9.52 Å². The fourth-order valence-electron chi connectivity index (χ4n) is 1.58. The highest BCUT2D eigenvalue weighted by molar-refractivity contribution is 7.15.